The highest BCUT2D eigenvalue weighted by Gasteiger charge is 2.14. The topological polar surface area (TPSA) is 92.7 Å². The first-order valence-electron chi connectivity index (χ1n) is 2.52. The van der Waals surface area contributed by atoms with Gasteiger partial charge in [-0.15, -0.1) is 0 Å². The number of hydrogen-bond donors (Lipinski definition) is 2. The van der Waals surface area contributed by atoms with E-state index in [1.54, 1.807) is 0 Å². The van der Waals surface area contributed by atoms with E-state index in [9.17, 15) is 9.59 Å². The van der Waals surface area contributed by atoms with E-state index in [4.69, 9.17) is 11.6 Å². The monoisotopic (exact) mass is 146 g/mol. The van der Waals surface area contributed by atoms with Crippen LogP contribution >= 0.6 is 0 Å². The van der Waals surface area contributed by atoms with Crippen LogP contribution in [0.5, 0.6) is 0 Å². The second-order valence-electron chi connectivity index (χ2n) is 1.79. The second kappa shape index (κ2) is 3.02. The lowest BCUT2D eigenvalue weighted by atomic mass is 10.7. The molecule has 0 atom stereocenters. The van der Waals surface area contributed by atoms with E-state index >= 15 is 0 Å². The van der Waals surface area contributed by atoms with Gasteiger partial charge in [0, 0.05) is 14.1 Å². The summed E-state index contributed by atoms with van der Waals surface area (Å²) in [5.41, 5.74) is 4.76. The maximum Gasteiger partial charge on any atom is 0.341 e. The first kappa shape index (κ1) is 8.70. The molecule has 0 unspecified atom stereocenters. The molecular formula is C4H10N4O2. The molecule has 0 aliphatic rings. The minimum absolute atomic E-state index is 0.646. The third-order valence-corrected chi connectivity index (χ3v) is 0.919. The molecule has 0 radical (unpaired) electrons. The van der Waals surface area contributed by atoms with Crippen molar-refractivity contribution in [1.82, 2.24) is 9.91 Å². The molecular weight excluding hydrogens is 136 g/mol. The number of carbonyl (C=O) groups is 2. The summed E-state index contributed by atoms with van der Waals surface area (Å²) in [7, 11) is 2.57. The number of nitrogens with zero attached hydrogens (tertiary/aromatic N) is 2. The molecule has 0 saturated heterocycles. The van der Waals surface area contributed by atoms with E-state index in [1.165, 1.54) is 14.1 Å². The van der Waals surface area contributed by atoms with Crippen molar-refractivity contribution in [2.24, 2.45) is 11.6 Å². The Hall–Kier alpha value is -1.30. The Morgan fingerprint density at radius 3 is 1.80 bits per heavy atom. The third-order valence-electron chi connectivity index (χ3n) is 0.919. The van der Waals surface area contributed by atoms with E-state index in [-0.39, 0.29) is 0 Å². The van der Waals surface area contributed by atoms with Gasteiger partial charge in [-0.1, -0.05) is 0 Å². The minimum atomic E-state index is -0.831. The molecule has 0 saturated carbocycles. The molecule has 0 aromatic heterocycles. The number of nitrogens with two attached hydrogens (primary N) is 2. The number of primary amides is 1. The van der Waals surface area contributed by atoms with Gasteiger partial charge in [-0.05, 0) is 0 Å². The molecule has 6 heteroatoms. The van der Waals surface area contributed by atoms with Gasteiger partial charge in [-0.25, -0.2) is 20.3 Å². The molecule has 0 fully saturated rings. The van der Waals surface area contributed by atoms with Crippen molar-refractivity contribution in [3.63, 3.8) is 0 Å². The maximum absolute atomic E-state index is 10.7. The van der Waals surface area contributed by atoms with Gasteiger partial charge >= 0.3 is 12.1 Å². The predicted octanol–water partition coefficient (Wildman–Crippen LogP) is -1.08. The number of hydrogen-bond acceptors (Lipinski definition) is 3. The molecule has 0 bridgehead atoms. The van der Waals surface area contributed by atoms with Crippen LogP contribution in [0.1, 0.15) is 0 Å². The van der Waals surface area contributed by atoms with Crippen LogP contribution in [0.15, 0.2) is 0 Å². The van der Waals surface area contributed by atoms with Crippen molar-refractivity contribution in [2.45, 2.75) is 0 Å². The molecule has 0 rings (SSSR count). The Labute approximate surface area is 58.3 Å². The van der Waals surface area contributed by atoms with Gasteiger partial charge in [0.1, 0.15) is 0 Å². The number of hydrazine groups is 1. The van der Waals surface area contributed by atoms with Gasteiger partial charge in [0.25, 0.3) is 0 Å². The lowest BCUT2D eigenvalue weighted by Gasteiger charge is -2.16. The Bertz CT molecular complexity index is 155. The molecule has 0 heterocycles. The molecule has 0 aliphatic heterocycles. The lowest BCUT2D eigenvalue weighted by Crippen LogP contribution is -2.47. The Kier molecular flexibility index (Phi) is 2.63. The Balaban J connectivity index is 4.08. The van der Waals surface area contributed by atoms with Crippen LogP contribution in [0.25, 0.3) is 0 Å². The zero-order valence-electron chi connectivity index (χ0n) is 5.87. The first-order valence-corrected chi connectivity index (χ1v) is 2.52. The van der Waals surface area contributed by atoms with Crippen LogP contribution in [0.2, 0.25) is 0 Å². The van der Waals surface area contributed by atoms with Crippen molar-refractivity contribution < 1.29 is 9.59 Å². The summed E-state index contributed by atoms with van der Waals surface area (Å²) < 4.78 is 0. The number of rotatable bonds is 0. The van der Waals surface area contributed by atoms with Crippen LogP contribution in [0.4, 0.5) is 9.59 Å². The average Bonchev–Trinajstić information content (AvgIpc) is 1.84. The second-order valence-corrected chi connectivity index (χ2v) is 1.79. The standard InChI is InChI=1S/C4H10N4O2/c1-7(3(5)9)4(10)8(2)6/h6H2,1-2H3,(H2,5,9). The van der Waals surface area contributed by atoms with E-state index in [2.05, 4.69) is 0 Å². The number of carbonyl (C=O) groups excluding carboxylic acids is 2. The Morgan fingerprint density at radius 2 is 1.70 bits per heavy atom. The number of urea groups is 2. The molecule has 4 amide bonds. The first-order chi connectivity index (χ1) is 4.46. The molecule has 0 aliphatic carbocycles. The van der Waals surface area contributed by atoms with Crippen LogP contribution in [0.3, 0.4) is 0 Å². The van der Waals surface area contributed by atoms with Gasteiger partial charge in [0.05, 0.1) is 0 Å². The number of amides is 4. The third kappa shape index (κ3) is 1.90. The van der Waals surface area contributed by atoms with Crippen molar-refractivity contribution in [3.05, 3.63) is 0 Å². The number of imide groups is 1. The fourth-order valence-electron chi connectivity index (χ4n) is 0.331. The Morgan fingerprint density at radius 1 is 1.30 bits per heavy atom. The van der Waals surface area contributed by atoms with E-state index in [0.717, 1.165) is 5.01 Å². The summed E-state index contributed by atoms with van der Waals surface area (Å²) in [5, 5.41) is 0.769. The van der Waals surface area contributed by atoms with Crippen LogP contribution < -0.4 is 11.6 Å². The molecule has 6 nitrogen and oxygen atoms in total. The summed E-state index contributed by atoms with van der Waals surface area (Å²) >= 11 is 0. The smallest absolute Gasteiger partial charge is 0.341 e. The zero-order valence-corrected chi connectivity index (χ0v) is 5.87. The van der Waals surface area contributed by atoms with Crippen molar-refractivity contribution in [3.8, 4) is 0 Å². The van der Waals surface area contributed by atoms with Gasteiger partial charge in [0.15, 0.2) is 0 Å². The van der Waals surface area contributed by atoms with E-state index in [0.29, 0.717) is 4.90 Å². The fourth-order valence-corrected chi connectivity index (χ4v) is 0.331. The summed E-state index contributed by atoms with van der Waals surface area (Å²) in [4.78, 5) is 21.7. The maximum atomic E-state index is 10.7. The van der Waals surface area contributed by atoms with Crippen LogP contribution in [0, 0.1) is 0 Å². The molecule has 0 spiro atoms. The molecule has 10 heavy (non-hydrogen) atoms. The van der Waals surface area contributed by atoms with Crippen molar-refractivity contribution >= 4 is 12.1 Å². The average molecular weight is 146 g/mol. The lowest BCUT2D eigenvalue weighted by molar-refractivity contribution is 0.174. The predicted molar refractivity (Wildman–Crippen MR) is 34.7 cm³/mol. The normalized spacial score (nSPS) is 8.70. The van der Waals surface area contributed by atoms with Crippen LogP contribution in [-0.2, 0) is 0 Å². The fraction of sp³-hybridized carbons (Fsp3) is 0.500. The zero-order chi connectivity index (χ0) is 8.31. The van der Waals surface area contributed by atoms with Gasteiger partial charge < -0.3 is 5.73 Å². The van der Waals surface area contributed by atoms with Gasteiger partial charge in [-0.3, -0.25) is 5.01 Å². The SMILES string of the molecule is CN(N)C(=O)N(C)C(N)=O. The van der Waals surface area contributed by atoms with Gasteiger partial charge in [0.2, 0.25) is 0 Å². The summed E-state index contributed by atoms with van der Waals surface area (Å²) in [6, 6.07) is -1.48. The summed E-state index contributed by atoms with van der Waals surface area (Å²) in [5.74, 6) is 5.01. The van der Waals surface area contributed by atoms with Crippen LogP contribution in [-0.4, -0.2) is 36.1 Å². The van der Waals surface area contributed by atoms with E-state index in [1.807, 2.05) is 0 Å². The molecule has 0 aromatic rings. The molecule has 4 N–H and O–H groups in total. The minimum Gasteiger partial charge on any atom is -0.351 e. The summed E-state index contributed by atoms with van der Waals surface area (Å²) in [6.07, 6.45) is 0. The highest BCUT2D eigenvalue weighted by atomic mass is 16.2. The van der Waals surface area contributed by atoms with Crippen molar-refractivity contribution in [2.75, 3.05) is 14.1 Å². The molecule has 58 valence electrons. The van der Waals surface area contributed by atoms with E-state index < -0.39 is 12.1 Å². The largest absolute Gasteiger partial charge is 0.351 e. The van der Waals surface area contributed by atoms with Gasteiger partial charge in [-0.2, -0.15) is 0 Å². The quantitative estimate of drug-likeness (QED) is 0.258. The summed E-state index contributed by atoms with van der Waals surface area (Å²) in [6.45, 7) is 0. The molecule has 0 aromatic carbocycles. The highest BCUT2D eigenvalue weighted by molar-refractivity contribution is 5.91. The van der Waals surface area contributed by atoms with Crippen molar-refractivity contribution in [1.29, 1.82) is 0 Å². The highest BCUT2D eigenvalue weighted by Crippen LogP contribution is 1.86.